The smallest absolute Gasteiger partial charge is 0.138 e. The van der Waals surface area contributed by atoms with E-state index in [0.717, 1.165) is 10.2 Å². The molecule has 0 fully saturated rings. The predicted molar refractivity (Wildman–Crippen MR) is 45.4 cm³/mol. The van der Waals surface area contributed by atoms with Gasteiger partial charge in [-0.05, 0) is 18.2 Å². The first kappa shape index (κ1) is 7.41. The molecule has 0 unspecified atom stereocenters. The number of nitrogens with one attached hydrogen (secondary N) is 1. The zero-order valence-electron chi connectivity index (χ0n) is 5.56. The summed E-state index contributed by atoms with van der Waals surface area (Å²) >= 11 is 3.29. The Hall–Kier alpha value is -0.700. The number of phenols is 1. The highest BCUT2D eigenvalue weighted by Gasteiger charge is 1.96. The number of hydrogen-bond donors (Lipinski definition) is 2. The Bertz CT molecular complexity index is 237. The fourth-order valence-corrected chi connectivity index (χ4v) is 1.07. The first-order chi connectivity index (χ1) is 4.74. The molecule has 0 saturated heterocycles. The molecule has 0 aliphatic carbocycles. The molecule has 0 saturated carbocycles. The number of phenolic OH excluding ortho intramolecular Hbond substituents is 1. The third-order valence-corrected chi connectivity index (χ3v) is 1.72. The fraction of sp³-hybridized carbons (Fsp3) is 0.143. The maximum absolute atomic E-state index is 9.15. The molecule has 1 aromatic rings. The SMILES string of the molecule is CNc1cc(Br)ccc1O. The van der Waals surface area contributed by atoms with Crippen LogP contribution in [0.1, 0.15) is 0 Å². The van der Waals surface area contributed by atoms with Crippen molar-refractivity contribution in [1.29, 1.82) is 0 Å². The van der Waals surface area contributed by atoms with E-state index in [1.807, 2.05) is 6.07 Å². The number of benzene rings is 1. The first-order valence-electron chi connectivity index (χ1n) is 2.90. The van der Waals surface area contributed by atoms with Crippen molar-refractivity contribution >= 4 is 21.6 Å². The average molecular weight is 202 g/mol. The van der Waals surface area contributed by atoms with Gasteiger partial charge in [0, 0.05) is 11.5 Å². The molecule has 0 aromatic heterocycles. The van der Waals surface area contributed by atoms with Crippen LogP contribution in [0.2, 0.25) is 0 Å². The van der Waals surface area contributed by atoms with Gasteiger partial charge in [0.25, 0.3) is 0 Å². The van der Waals surface area contributed by atoms with E-state index in [4.69, 9.17) is 5.11 Å². The lowest BCUT2D eigenvalue weighted by Crippen LogP contribution is -1.87. The van der Waals surface area contributed by atoms with Crippen LogP contribution in [0.4, 0.5) is 5.69 Å². The molecule has 0 atom stereocenters. The van der Waals surface area contributed by atoms with E-state index in [2.05, 4.69) is 21.2 Å². The van der Waals surface area contributed by atoms with Crippen molar-refractivity contribution < 1.29 is 5.11 Å². The van der Waals surface area contributed by atoms with Crippen LogP contribution < -0.4 is 5.32 Å². The van der Waals surface area contributed by atoms with Crippen LogP contribution in [0.3, 0.4) is 0 Å². The lowest BCUT2D eigenvalue weighted by molar-refractivity contribution is 0.477. The van der Waals surface area contributed by atoms with Crippen LogP contribution in [0, 0.1) is 0 Å². The highest BCUT2D eigenvalue weighted by Crippen LogP contribution is 2.25. The molecule has 1 rings (SSSR count). The van der Waals surface area contributed by atoms with Crippen LogP contribution in [0.5, 0.6) is 5.75 Å². The summed E-state index contributed by atoms with van der Waals surface area (Å²) in [5, 5.41) is 12.0. The van der Waals surface area contributed by atoms with Gasteiger partial charge in [-0.2, -0.15) is 0 Å². The number of hydrogen-bond acceptors (Lipinski definition) is 2. The summed E-state index contributed by atoms with van der Waals surface area (Å²) in [6.07, 6.45) is 0. The Kier molecular flexibility index (Phi) is 2.17. The minimum absolute atomic E-state index is 0.269. The van der Waals surface area contributed by atoms with Crippen molar-refractivity contribution in [2.75, 3.05) is 12.4 Å². The fourth-order valence-electron chi connectivity index (χ4n) is 0.709. The van der Waals surface area contributed by atoms with E-state index in [1.165, 1.54) is 0 Å². The monoisotopic (exact) mass is 201 g/mol. The number of anilines is 1. The summed E-state index contributed by atoms with van der Waals surface area (Å²) in [7, 11) is 1.77. The molecule has 0 bridgehead atoms. The average Bonchev–Trinajstić information content (AvgIpc) is 1.94. The summed E-state index contributed by atoms with van der Waals surface area (Å²) in [6, 6.07) is 5.24. The molecule has 0 aliphatic rings. The lowest BCUT2D eigenvalue weighted by Gasteiger charge is -2.02. The molecule has 2 nitrogen and oxygen atoms in total. The van der Waals surface area contributed by atoms with Crippen LogP contribution in [0.15, 0.2) is 22.7 Å². The standard InChI is InChI=1S/C7H8BrNO/c1-9-6-4-5(8)2-3-7(6)10/h2-4,9-10H,1H3. The Morgan fingerprint density at radius 1 is 1.50 bits per heavy atom. The molecule has 2 N–H and O–H groups in total. The first-order valence-corrected chi connectivity index (χ1v) is 3.69. The quantitative estimate of drug-likeness (QED) is 0.684. The van der Waals surface area contributed by atoms with Crippen LogP contribution >= 0.6 is 15.9 Å². The Morgan fingerprint density at radius 2 is 2.20 bits per heavy atom. The second kappa shape index (κ2) is 2.92. The zero-order chi connectivity index (χ0) is 7.56. The van der Waals surface area contributed by atoms with Crippen molar-refractivity contribution in [2.24, 2.45) is 0 Å². The van der Waals surface area contributed by atoms with Gasteiger partial charge >= 0.3 is 0 Å². The second-order valence-electron chi connectivity index (χ2n) is 1.91. The molecule has 3 heteroatoms. The van der Waals surface area contributed by atoms with Crippen molar-refractivity contribution in [3.05, 3.63) is 22.7 Å². The van der Waals surface area contributed by atoms with Crippen molar-refractivity contribution in [1.82, 2.24) is 0 Å². The molecule has 0 heterocycles. The summed E-state index contributed by atoms with van der Waals surface area (Å²) in [5.41, 5.74) is 0.731. The van der Waals surface area contributed by atoms with Gasteiger partial charge in [0.05, 0.1) is 5.69 Å². The molecule has 10 heavy (non-hydrogen) atoms. The second-order valence-corrected chi connectivity index (χ2v) is 2.83. The van der Waals surface area contributed by atoms with E-state index in [1.54, 1.807) is 19.2 Å². The number of halogens is 1. The van der Waals surface area contributed by atoms with Gasteiger partial charge in [-0.3, -0.25) is 0 Å². The van der Waals surface area contributed by atoms with Crippen LogP contribution in [0.25, 0.3) is 0 Å². The Balaban J connectivity index is 3.09. The van der Waals surface area contributed by atoms with E-state index in [-0.39, 0.29) is 5.75 Å². The summed E-state index contributed by atoms with van der Waals surface area (Å²) in [6.45, 7) is 0. The maximum atomic E-state index is 9.15. The van der Waals surface area contributed by atoms with E-state index < -0.39 is 0 Å². The van der Waals surface area contributed by atoms with Crippen molar-refractivity contribution in [3.63, 3.8) is 0 Å². The molecular weight excluding hydrogens is 194 g/mol. The summed E-state index contributed by atoms with van der Waals surface area (Å²) in [5.74, 6) is 0.269. The molecule has 54 valence electrons. The zero-order valence-corrected chi connectivity index (χ0v) is 7.14. The van der Waals surface area contributed by atoms with Gasteiger partial charge in [-0.25, -0.2) is 0 Å². The summed E-state index contributed by atoms with van der Waals surface area (Å²) < 4.78 is 0.953. The highest BCUT2D eigenvalue weighted by molar-refractivity contribution is 9.10. The lowest BCUT2D eigenvalue weighted by atomic mass is 10.3. The third kappa shape index (κ3) is 1.42. The number of rotatable bonds is 1. The molecule has 0 spiro atoms. The van der Waals surface area contributed by atoms with Gasteiger partial charge in [-0.15, -0.1) is 0 Å². The topological polar surface area (TPSA) is 32.3 Å². The molecule has 0 aliphatic heterocycles. The van der Waals surface area contributed by atoms with Gasteiger partial charge in [0.2, 0.25) is 0 Å². The van der Waals surface area contributed by atoms with Gasteiger partial charge in [0.15, 0.2) is 0 Å². The van der Waals surface area contributed by atoms with Crippen molar-refractivity contribution in [3.8, 4) is 5.75 Å². The van der Waals surface area contributed by atoms with E-state index in [0.29, 0.717) is 0 Å². The van der Waals surface area contributed by atoms with E-state index >= 15 is 0 Å². The van der Waals surface area contributed by atoms with Gasteiger partial charge in [-0.1, -0.05) is 15.9 Å². The third-order valence-electron chi connectivity index (χ3n) is 1.23. The molecule has 1 aromatic carbocycles. The minimum atomic E-state index is 0.269. The normalized spacial score (nSPS) is 9.40. The molecule has 0 radical (unpaired) electrons. The van der Waals surface area contributed by atoms with Crippen LogP contribution in [-0.4, -0.2) is 12.2 Å². The Labute approximate surface area is 68.0 Å². The number of aromatic hydroxyl groups is 1. The van der Waals surface area contributed by atoms with Gasteiger partial charge in [0.1, 0.15) is 5.75 Å². The predicted octanol–water partition coefficient (Wildman–Crippen LogP) is 2.20. The maximum Gasteiger partial charge on any atom is 0.138 e. The van der Waals surface area contributed by atoms with E-state index in [9.17, 15) is 0 Å². The van der Waals surface area contributed by atoms with Crippen LogP contribution in [-0.2, 0) is 0 Å². The highest BCUT2D eigenvalue weighted by atomic mass is 79.9. The minimum Gasteiger partial charge on any atom is -0.506 e. The summed E-state index contributed by atoms with van der Waals surface area (Å²) in [4.78, 5) is 0. The molecule has 0 amide bonds. The van der Waals surface area contributed by atoms with Crippen molar-refractivity contribution in [2.45, 2.75) is 0 Å². The Morgan fingerprint density at radius 3 is 2.70 bits per heavy atom. The largest absolute Gasteiger partial charge is 0.506 e. The van der Waals surface area contributed by atoms with Gasteiger partial charge < -0.3 is 10.4 Å². The molecular formula is C7H8BrNO.